The van der Waals surface area contributed by atoms with Crippen molar-refractivity contribution in [1.29, 1.82) is 0 Å². The zero-order valence-corrected chi connectivity index (χ0v) is 19.9. The van der Waals surface area contributed by atoms with Crippen LogP contribution in [0.1, 0.15) is 27.0 Å². The fourth-order valence-electron chi connectivity index (χ4n) is 4.15. The lowest BCUT2D eigenvalue weighted by atomic mass is 9.98. The maximum Gasteiger partial charge on any atom is 0.193 e. The maximum absolute atomic E-state index is 13.1. The third kappa shape index (κ3) is 5.56. The van der Waals surface area contributed by atoms with E-state index in [1.54, 1.807) is 42.6 Å². The summed E-state index contributed by atoms with van der Waals surface area (Å²) < 4.78 is 5.41. The van der Waals surface area contributed by atoms with E-state index in [9.17, 15) is 9.59 Å². The van der Waals surface area contributed by atoms with Crippen LogP contribution in [0.5, 0.6) is 0 Å². The number of morpholine rings is 1. The van der Waals surface area contributed by atoms with Crippen LogP contribution in [-0.4, -0.2) is 47.8 Å². The molecule has 0 unspecified atom stereocenters. The largest absolute Gasteiger partial charge is 0.378 e. The first-order chi connectivity index (χ1) is 17.0. The van der Waals surface area contributed by atoms with Crippen molar-refractivity contribution >= 4 is 40.0 Å². The van der Waals surface area contributed by atoms with Gasteiger partial charge in [0.05, 0.1) is 30.4 Å². The number of Topliss-reactive ketones (excluding diaryl/α,β-unsaturated/α-hetero) is 1. The predicted molar refractivity (Wildman–Crippen MR) is 136 cm³/mol. The molecule has 0 saturated carbocycles. The second-order valence-electron chi connectivity index (χ2n) is 8.58. The summed E-state index contributed by atoms with van der Waals surface area (Å²) in [6, 6.07) is 19.9. The smallest absolute Gasteiger partial charge is 0.193 e. The number of ketones is 2. The molecule has 2 heterocycles. The Morgan fingerprint density at radius 2 is 1.46 bits per heavy atom. The standard InChI is InChI=1S/C28H24ClN3O3/c29-23-8-3-20(4-9-23)16-24(33)15-19-1-5-21(6-2-19)28(34)22-7-10-25-26(17-22)31-27(18-30-25)32-11-13-35-14-12-32/h1-10,17-18H,11-16H2. The minimum Gasteiger partial charge on any atom is -0.378 e. The number of hydrogen-bond donors (Lipinski definition) is 0. The SMILES string of the molecule is O=C(Cc1ccc(Cl)cc1)Cc1ccc(C(=O)c2ccc3ncc(N4CCOCC4)nc3c2)cc1. The van der Waals surface area contributed by atoms with Gasteiger partial charge in [0.15, 0.2) is 5.78 Å². The molecular formula is C28H24ClN3O3. The van der Waals surface area contributed by atoms with E-state index < -0.39 is 0 Å². The van der Waals surface area contributed by atoms with E-state index in [1.807, 2.05) is 30.3 Å². The normalized spacial score (nSPS) is 13.7. The van der Waals surface area contributed by atoms with Crippen LogP contribution in [0.3, 0.4) is 0 Å². The van der Waals surface area contributed by atoms with E-state index in [1.165, 1.54) is 0 Å². The molecule has 0 aliphatic carbocycles. The highest BCUT2D eigenvalue weighted by Gasteiger charge is 2.15. The number of carbonyl (C=O) groups is 2. The van der Waals surface area contributed by atoms with Crippen LogP contribution in [0.2, 0.25) is 5.02 Å². The van der Waals surface area contributed by atoms with E-state index in [0.29, 0.717) is 47.7 Å². The molecule has 3 aromatic carbocycles. The number of ether oxygens (including phenoxy) is 1. The monoisotopic (exact) mass is 485 g/mol. The summed E-state index contributed by atoms with van der Waals surface area (Å²) in [7, 11) is 0. The Balaban J connectivity index is 1.28. The number of nitrogens with zero attached hydrogens (tertiary/aromatic N) is 3. The van der Waals surface area contributed by atoms with Gasteiger partial charge in [-0.05, 0) is 41.5 Å². The molecule has 4 aromatic rings. The topological polar surface area (TPSA) is 72.4 Å². The van der Waals surface area contributed by atoms with Crippen molar-refractivity contribution in [1.82, 2.24) is 9.97 Å². The fraction of sp³-hybridized carbons (Fsp3) is 0.214. The van der Waals surface area contributed by atoms with Gasteiger partial charge in [0.1, 0.15) is 11.6 Å². The number of fused-ring (bicyclic) bond motifs is 1. The van der Waals surface area contributed by atoms with Crippen LogP contribution in [0.15, 0.2) is 72.9 Å². The average Bonchev–Trinajstić information content (AvgIpc) is 2.90. The van der Waals surface area contributed by atoms with Crippen molar-refractivity contribution in [2.45, 2.75) is 12.8 Å². The van der Waals surface area contributed by atoms with Gasteiger partial charge in [-0.25, -0.2) is 4.98 Å². The molecule has 0 bridgehead atoms. The van der Waals surface area contributed by atoms with Gasteiger partial charge in [-0.15, -0.1) is 0 Å². The third-order valence-corrected chi connectivity index (χ3v) is 6.31. The first-order valence-electron chi connectivity index (χ1n) is 11.5. The summed E-state index contributed by atoms with van der Waals surface area (Å²) in [5.74, 6) is 0.804. The Morgan fingerprint density at radius 3 is 2.14 bits per heavy atom. The van der Waals surface area contributed by atoms with Gasteiger partial charge in [-0.1, -0.05) is 48.0 Å². The maximum atomic E-state index is 13.1. The van der Waals surface area contributed by atoms with Crippen LogP contribution in [0.25, 0.3) is 11.0 Å². The number of carbonyl (C=O) groups excluding carboxylic acids is 2. The molecule has 0 amide bonds. The molecule has 1 aromatic heterocycles. The summed E-state index contributed by atoms with van der Waals surface area (Å²) in [6.07, 6.45) is 2.43. The Morgan fingerprint density at radius 1 is 0.829 bits per heavy atom. The Labute approximate surface area is 208 Å². The molecule has 1 aliphatic rings. The first-order valence-corrected chi connectivity index (χ1v) is 11.9. The number of aromatic nitrogens is 2. The minimum atomic E-state index is -0.0930. The number of benzene rings is 3. The number of anilines is 1. The molecule has 5 rings (SSSR count). The lowest BCUT2D eigenvalue weighted by Gasteiger charge is -2.27. The highest BCUT2D eigenvalue weighted by atomic mass is 35.5. The molecule has 0 spiro atoms. The first kappa shape index (κ1) is 23.1. The third-order valence-electron chi connectivity index (χ3n) is 6.06. The van der Waals surface area contributed by atoms with Gasteiger partial charge in [0.2, 0.25) is 0 Å². The summed E-state index contributed by atoms with van der Waals surface area (Å²) in [5, 5.41) is 0.650. The zero-order chi connectivity index (χ0) is 24.2. The molecule has 1 fully saturated rings. The van der Waals surface area contributed by atoms with E-state index in [-0.39, 0.29) is 11.6 Å². The van der Waals surface area contributed by atoms with E-state index in [2.05, 4.69) is 9.88 Å². The van der Waals surface area contributed by atoms with E-state index >= 15 is 0 Å². The Hall–Kier alpha value is -3.61. The Bertz CT molecular complexity index is 1360. The fourth-order valence-corrected chi connectivity index (χ4v) is 4.27. The summed E-state index contributed by atoms with van der Waals surface area (Å²) >= 11 is 5.91. The van der Waals surface area contributed by atoms with Gasteiger partial charge in [-0.3, -0.25) is 14.6 Å². The molecule has 1 aliphatic heterocycles. The predicted octanol–water partition coefficient (Wildman–Crippen LogP) is 4.71. The molecule has 0 atom stereocenters. The van der Waals surface area contributed by atoms with Crippen molar-refractivity contribution < 1.29 is 14.3 Å². The second-order valence-corrected chi connectivity index (χ2v) is 9.01. The van der Waals surface area contributed by atoms with Crippen LogP contribution in [0.4, 0.5) is 5.82 Å². The molecular weight excluding hydrogens is 462 g/mol. The van der Waals surface area contributed by atoms with Gasteiger partial charge < -0.3 is 9.64 Å². The summed E-state index contributed by atoms with van der Waals surface area (Å²) in [4.78, 5) is 37.0. The van der Waals surface area contributed by atoms with Crippen molar-refractivity contribution in [2.75, 3.05) is 31.2 Å². The van der Waals surface area contributed by atoms with Crippen LogP contribution in [0, 0.1) is 0 Å². The van der Waals surface area contributed by atoms with Gasteiger partial charge >= 0.3 is 0 Å². The lowest BCUT2D eigenvalue weighted by Crippen LogP contribution is -2.36. The van der Waals surface area contributed by atoms with E-state index in [0.717, 1.165) is 35.6 Å². The molecule has 35 heavy (non-hydrogen) atoms. The molecule has 6 nitrogen and oxygen atoms in total. The molecule has 7 heteroatoms. The van der Waals surface area contributed by atoms with Crippen molar-refractivity contribution in [3.05, 3.63) is 100 Å². The number of rotatable bonds is 7. The number of hydrogen-bond acceptors (Lipinski definition) is 6. The van der Waals surface area contributed by atoms with Crippen LogP contribution >= 0.6 is 11.6 Å². The second kappa shape index (κ2) is 10.3. The lowest BCUT2D eigenvalue weighted by molar-refractivity contribution is -0.117. The highest BCUT2D eigenvalue weighted by molar-refractivity contribution is 6.30. The van der Waals surface area contributed by atoms with Crippen molar-refractivity contribution in [3.63, 3.8) is 0 Å². The molecule has 1 saturated heterocycles. The molecule has 0 N–H and O–H groups in total. The average molecular weight is 486 g/mol. The Kier molecular flexibility index (Phi) is 6.84. The van der Waals surface area contributed by atoms with Crippen LogP contribution < -0.4 is 4.90 Å². The van der Waals surface area contributed by atoms with E-state index in [4.69, 9.17) is 21.3 Å². The minimum absolute atomic E-state index is 0.0930. The van der Waals surface area contributed by atoms with Crippen molar-refractivity contribution in [2.24, 2.45) is 0 Å². The zero-order valence-electron chi connectivity index (χ0n) is 19.1. The number of halogens is 1. The molecule has 0 radical (unpaired) electrons. The van der Waals surface area contributed by atoms with Gasteiger partial charge in [-0.2, -0.15) is 0 Å². The van der Waals surface area contributed by atoms with Gasteiger partial charge in [0, 0.05) is 42.1 Å². The quantitative estimate of drug-likeness (QED) is 0.353. The summed E-state index contributed by atoms with van der Waals surface area (Å²) in [6.45, 7) is 2.88. The van der Waals surface area contributed by atoms with Crippen LogP contribution in [-0.2, 0) is 22.4 Å². The highest BCUT2D eigenvalue weighted by Crippen LogP contribution is 2.20. The molecule has 176 valence electrons. The van der Waals surface area contributed by atoms with Gasteiger partial charge in [0.25, 0.3) is 0 Å². The van der Waals surface area contributed by atoms with Crippen molar-refractivity contribution in [3.8, 4) is 0 Å². The summed E-state index contributed by atoms with van der Waals surface area (Å²) in [5.41, 5.74) is 4.35.